The first-order valence-electron chi connectivity index (χ1n) is 6.02. The number of hydrogen-bond acceptors (Lipinski definition) is 6. The molecule has 1 saturated heterocycles. The summed E-state index contributed by atoms with van der Waals surface area (Å²) in [7, 11) is 0. The Labute approximate surface area is 104 Å². The lowest BCUT2D eigenvalue weighted by atomic mass is 9.92. The highest BCUT2D eigenvalue weighted by Crippen LogP contribution is 2.23. The van der Waals surface area contributed by atoms with E-state index in [-0.39, 0.29) is 0 Å². The Hall–Kier alpha value is -1.73. The van der Waals surface area contributed by atoms with Gasteiger partial charge in [-0.2, -0.15) is 0 Å². The molecule has 3 rings (SSSR count). The molecule has 1 fully saturated rings. The number of hydrogen-bond donors (Lipinski definition) is 3. The number of nitrogens with zero attached hydrogens (tertiary/aromatic N) is 4. The van der Waals surface area contributed by atoms with Crippen LogP contribution in [0.2, 0.25) is 0 Å². The van der Waals surface area contributed by atoms with E-state index in [0.717, 1.165) is 25.9 Å². The molecule has 0 unspecified atom stereocenters. The highest BCUT2D eigenvalue weighted by atomic mass is 16.3. The van der Waals surface area contributed by atoms with Gasteiger partial charge in [0.2, 0.25) is 0 Å². The quantitative estimate of drug-likeness (QED) is 0.663. The molecule has 96 valence electrons. The van der Waals surface area contributed by atoms with Crippen LogP contribution in [0.3, 0.4) is 0 Å². The van der Waals surface area contributed by atoms with E-state index in [0.29, 0.717) is 23.5 Å². The van der Waals surface area contributed by atoms with Crippen LogP contribution in [0.15, 0.2) is 12.7 Å². The molecule has 0 amide bonds. The zero-order chi connectivity index (χ0) is 12.6. The van der Waals surface area contributed by atoms with Crippen molar-refractivity contribution in [2.75, 3.05) is 18.8 Å². The van der Waals surface area contributed by atoms with Crippen LogP contribution in [0.5, 0.6) is 0 Å². The van der Waals surface area contributed by atoms with E-state index in [4.69, 9.17) is 5.73 Å². The Balaban J connectivity index is 1.93. The molecule has 0 radical (unpaired) electrons. The van der Waals surface area contributed by atoms with Crippen LogP contribution in [0.4, 0.5) is 5.82 Å². The molecule has 0 bridgehead atoms. The molecule has 2 aromatic rings. The van der Waals surface area contributed by atoms with Gasteiger partial charge in [-0.3, -0.25) is 0 Å². The normalized spacial score (nSPS) is 19.2. The molecule has 2 aromatic heterocycles. The van der Waals surface area contributed by atoms with Crippen molar-refractivity contribution in [3.05, 3.63) is 12.7 Å². The van der Waals surface area contributed by atoms with Crippen LogP contribution < -0.4 is 11.1 Å². The highest BCUT2D eigenvalue weighted by molar-refractivity contribution is 5.81. The molecular weight excluding hydrogens is 232 g/mol. The summed E-state index contributed by atoms with van der Waals surface area (Å²) in [6.07, 6.45) is 4.54. The number of nitrogen functional groups attached to an aromatic ring is 1. The van der Waals surface area contributed by atoms with Gasteiger partial charge in [-0.15, -0.1) is 0 Å². The summed E-state index contributed by atoms with van der Waals surface area (Å²) in [5, 5.41) is 13.7. The molecular formula is C11H16N6O. The maximum atomic E-state index is 10.5. The van der Waals surface area contributed by atoms with Gasteiger partial charge in [0.25, 0.3) is 0 Å². The van der Waals surface area contributed by atoms with E-state index in [1.165, 1.54) is 6.33 Å². The molecule has 3 heterocycles. The predicted molar refractivity (Wildman–Crippen MR) is 66.8 cm³/mol. The Morgan fingerprint density at radius 1 is 1.33 bits per heavy atom. The van der Waals surface area contributed by atoms with E-state index in [2.05, 4.69) is 20.3 Å². The molecule has 18 heavy (non-hydrogen) atoms. The first-order chi connectivity index (χ1) is 8.68. The lowest BCUT2D eigenvalue weighted by molar-refractivity contribution is -0.00457. The van der Waals surface area contributed by atoms with Crippen molar-refractivity contribution in [2.24, 2.45) is 0 Å². The third-order valence-corrected chi connectivity index (χ3v) is 3.43. The SMILES string of the molecule is Nc1ncnc2c1ncn2CC1(O)CCNCC1. The first-order valence-corrected chi connectivity index (χ1v) is 6.02. The van der Waals surface area contributed by atoms with Crippen LogP contribution in [0.25, 0.3) is 11.2 Å². The molecule has 1 aliphatic rings. The molecule has 0 saturated carbocycles. The zero-order valence-corrected chi connectivity index (χ0v) is 10.0. The molecule has 0 spiro atoms. The second-order valence-corrected chi connectivity index (χ2v) is 4.78. The molecule has 7 heteroatoms. The summed E-state index contributed by atoms with van der Waals surface area (Å²) in [5.41, 5.74) is 6.31. The molecule has 0 aliphatic carbocycles. The van der Waals surface area contributed by atoms with Gasteiger partial charge in [0, 0.05) is 0 Å². The van der Waals surface area contributed by atoms with E-state index < -0.39 is 5.60 Å². The minimum Gasteiger partial charge on any atom is -0.388 e. The van der Waals surface area contributed by atoms with Crippen molar-refractivity contribution in [1.82, 2.24) is 24.8 Å². The monoisotopic (exact) mass is 248 g/mol. The van der Waals surface area contributed by atoms with Crippen molar-refractivity contribution in [1.29, 1.82) is 0 Å². The van der Waals surface area contributed by atoms with E-state index >= 15 is 0 Å². The van der Waals surface area contributed by atoms with Crippen molar-refractivity contribution in [3.8, 4) is 0 Å². The molecule has 0 aromatic carbocycles. The number of fused-ring (bicyclic) bond motifs is 1. The number of aliphatic hydroxyl groups is 1. The highest BCUT2D eigenvalue weighted by Gasteiger charge is 2.30. The topological polar surface area (TPSA) is 102 Å². The first kappa shape index (κ1) is 11.4. The van der Waals surface area contributed by atoms with Gasteiger partial charge in [-0.25, -0.2) is 15.0 Å². The second kappa shape index (κ2) is 4.18. The van der Waals surface area contributed by atoms with Crippen LogP contribution >= 0.6 is 0 Å². The van der Waals surface area contributed by atoms with Gasteiger partial charge in [-0.05, 0) is 25.9 Å². The third kappa shape index (κ3) is 1.91. The fourth-order valence-electron chi connectivity index (χ4n) is 2.38. The summed E-state index contributed by atoms with van der Waals surface area (Å²) in [5.74, 6) is 0.371. The molecule has 7 nitrogen and oxygen atoms in total. The lowest BCUT2D eigenvalue weighted by Crippen LogP contribution is -2.44. The van der Waals surface area contributed by atoms with Crippen LogP contribution in [-0.4, -0.2) is 43.3 Å². The molecule has 0 atom stereocenters. The Morgan fingerprint density at radius 3 is 2.89 bits per heavy atom. The van der Waals surface area contributed by atoms with Gasteiger partial charge in [0.15, 0.2) is 11.5 Å². The van der Waals surface area contributed by atoms with Crippen LogP contribution in [0.1, 0.15) is 12.8 Å². The lowest BCUT2D eigenvalue weighted by Gasteiger charge is -2.32. The summed E-state index contributed by atoms with van der Waals surface area (Å²) < 4.78 is 1.85. The zero-order valence-electron chi connectivity index (χ0n) is 10.0. The minimum absolute atomic E-state index is 0.371. The van der Waals surface area contributed by atoms with Gasteiger partial charge >= 0.3 is 0 Å². The summed E-state index contributed by atoms with van der Waals surface area (Å²) in [6.45, 7) is 2.15. The van der Waals surface area contributed by atoms with Gasteiger partial charge in [0.1, 0.15) is 11.8 Å². The number of imidazole rings is 1. The number of rotatable bonds is 2. The van der Waals surface area contributed by atoms with E-state index in [1.54, 1.807) is 6.33 Å². The Kier molecular flexibility index (Phi) is 2.64. The number of anilines is 1. The largest absolute Gasteiger partial charge is 0.388 e. The van der Waals surface area contributed by atoms with Crippen molar-refractivity contribution in [2.45, 2.75) is 25.0 Å². The molecule has 1 aliphatic heterocycles. The summed E-state index contributed by atoms with van der Waals surface area (Å²) >= 11 is 0. The smallest absolute Gasteiger partial charge is 0.165 e. The number of aromatic nitrogens is 4. The average molecular weight is 248 g/mol. The maximum absolute atomic E-state index is 10.5. The summed E-state index contributed by atoms with van der Waals surface area (Å²) in [6, 6.07) is 0. The average Bonchev–Trinajstić information content (AvgIpc) is 2.74. The van der Waals surface area contributed by atoms with Crippen molar-refractivity contribution >= 4 is 17.0 Å². The van der Waals surface area contributed by atoms with Crippen LogP contribution in [0, 0.1) is 0 Å². The molecule has 4 N–H and O–H groups in total. The van der Waals surface area contributed by atoms with E-state index in [9.17, 15) is 5.11 Å². The van der Waals surface area contributed by atoms with Gasteiger partial charge in [-0.1, -0.05) is 0 Å². The summed E-state index contributed by atoms with van der Waals surface area (Å²) in [4.78, 5) is 12.3. The predicted octanol–water partition coefficient (Wildman–Crippen LogP) is -0.477. The Bertz CT molecular complexity index is 560. The fraction of sp³-hybridized carbons (Fsp3) is 0.545. The second-order valence-electron chi connectivity index (χ2n) is 4.78. The van der Waals surface area contributed by atoms with Crippen molar-refractivity contribution < 1.29 is 5.11 Å². The van der Waals surface area contributed by atoms with E-state index in [1.807, 2.05) is 4.57 Å². The fourth-order valence-corrected chi connectivity index (χ4v) is 2.38. The minimum atomic E-state index is -0.696. The standard InChI is InChI=1S/C11H16N6O/c12-9-8-10(15-6-14-9)17(7-16-8)5-11(18)1-3-13-4-2-11/h6-7,13,18H,1-5H2,(H2,12,14,15). The van der Waals surface area contributed by atoms with Crippen molar-refractivity contribution in [3.63, 3.8) is 0 Å². The van der Waals surface area contributed by atoms with Crippen LogP contribution in [-0.2, 0) is 6.54 Å². The number of piperidine rings is 1. The maximum Gasteiger partial charge on any atom is 0.165 e. The number of nitrogens with one attached hydrogen (secondary N) is 1. The van der Waals surface area contributed by atoms with Gasteiger partial charge in [0.05, 0.1) is 18.5 Å². The number of nitrogens with two attached hydrogens (primary N) is 1. The Morgan fingerprint density at radius 2 is 2.11 bits per heavy atom. The third-order valence-electron chi connectivity index (χ3n) is 3.43. The van der Waals surface area contributed by atoms with Gasteiger partial charge < -0.3 is 20.7 Å².